The number of piperidine rings is 1. The van der Waals surface area contributed by atoms with E-state index >= 15 is 0 Å². The highest BCUT2D eigenvalue weighted by atomic mass is 19.3. The second-order valence-corrected chi connectivity index (χ2v) is 7.09. The van der Waals surface area contributed by atoms with Crippen molar-refractivity contribution in [2.24, 2.45) is 7.05 Å². The zero-order valence-corrected chi connectivity index (χ0v) is 14.7. The summed E-state index contributed by atoms with van der Waals surface area (Å²) >= 11 is 0. The number of fused-ring (bicyclic) bond motifs is 2. The summed E-state index contributed by atoms with van der Waals surface area (Å²) in [5.41, 5.74) is 2.47. The van der Waals surface area contributed by atoms with E-state index in [1.807, 2.05) is 19.9 Å². The summed E-state index contributed by atoms with van der Waals surface area (Å²) in [6.07, 6.45) is 0.281. The van der Waals surface area contributed by atoms with Crippen molar-refractivity contribution in [3.63, 3.8) is 0 Å². The number of nitrogens with zero attached hydrogens (tertiary/aromatic N) is 6. The highest BCUT2D eigenvalue weighted by Gasteiger charge is 2.45. The molecule has 2 aromatic rings. The lowest BCUT2D eigenvalue weighted by Gasteiger charge is -2.56. The van der Waals surface area contributed by atoms with Crippen LogP contribution in [0.4, 0.5) is 14.7 Å². The molecule has 3 aliphatic rings. The predicted molar refractivity (Wildman–Crippen MR) is 89.6 cm³/mol. The van der Waals surface area contributed by atoms with E-state index in [-0.39, 0.29) is 5.69 Å². The van der Waals surface area contributed by atoms with E-state index in [1.165, 1.54) is 4.68 Å². The first kappa shape index (κ1) is 16.4. The number of halogens is 2. The van der Waals surface area contributed by atoms with Gasteiger partial charge in [-0.05, 0) is 26.3 Å². The Morgan fingerprint density at radius 2 is 1.80 bits per heavy atom. The van der Waals surface area contributed by atoms with Crippen LogP contribution >= 0.6 is 0 Å². The van der Waals surface area contributed by atoms with Crippen molar-refractivity contribution in [2.45, 2.75) is 45.3 Å². The van der Waals surface area contributed by atoms with Crippen LogP contribution in [0.1, 0.15) is 35.5 Å². The average Bonchev–Trinajstić information content (AvgIpc) is 2.93. The summed E-state index contributed by atoms with van der Waals surface area (Å²) in [7, 11) is 1.69. The molecule has 2 unspecified atom stereocenters. The van der Waals surface area contributed by atoms with Crippen molar-refractivity contribution < 1.29 is 8.78 Å². The van der Waals surface area contributed by atoms with Crippen molar-refractivity contribution in [2.75, 3.05) is 18.0 Å². The molecule has 0 radical (unpaired) electrons. The van der Waals surface area contributed by atoms with Gasteiger partial charge >= 0.3 is 0 Å². The molecule has 0 aliphatic carbocycles. The fourth-order valence-electron chi connectivity index (χ4n) is 4.01. The molecule has 5 rings (SSSR count). The van der Waals surface area contributed by atoms with Crippen LogP contribution in [-0.4, -0.2) is 49.8 Å². The maximum absolute atomic E-state index is 13.1. The number of rotatable bonds is 4. The second-order valence-electron chi connectivity index (χ2n) is 7.09. The molecule has 5 heterocycles. The number of aromatic nitrogens is 4. The number of hydrogen-bond acceptors (Lipinski definition) is 5. The van der Waals surface area contributed by atoms with Crippen molar-refractivity contribution in [1.29, 1.82) is 0 Å². The number of aryl methyl sites for hydroxylation is 3. The minimum atomic E-state index is -2.53. The van der Waals surface area contributed by atoms with E-state index < -0.39 is 6.43 Å². The van der Waals surface area contributed by atoms with Crippen LogP contribution in [0, 0.1) is 13.8 Å². The second kappa shape index (κ2) is 6.01. The number of alkyl halides is 2. The fraction of sp³-hybridized carbons (Fsp3) is 0.588. The molecule has 6 nitrogen and oxygen atoms in total. The standard InChI is InChI=1S/C17H22F2N6/c1-10-4-11(2)21-17(20-10)24-8-13-5-14(9-24)25(13)7-12-6-23(3)22-15(12)16(18)19/h4,6,13-14,16H,5,7-9H2,1-3H3. The van der Waals surface area contributed by atoms with E-state index in [9.17, 15) is 8.78 Å². The topological polar surface area (TPSA) is 50.1 Å². The summed E-state index contributed by atoms with van der Waals surface area (Å²) in [5, 5.41) is 3.91. The van der Waals surface area contributed by atoms with E-state index in [0.717, 1.165) is 36.8 Å². The molecule has 3 aliphatic heterocycles. The summed E-state index contributed by atoms with van der Waals surface area (Å²) < 4.78 is 27.8. The molecule has 25 heavy (non-hydrogen) atoms. The number of piperazine rings is 1. The number of hydrogen-bond donors (Lipinski definition) is 0. The maximum atomic E-state index is 13.1. The lowest BCUT2D eigenvalue weighted by molar-refractivity contribution is -0.00991. The van der Waals surface area contributed by atoms with Crippen LogP contribution in [0.15, 0.2) is 12.3 Å². The molecule has 2 atom stereocenters. The molecule has 0 aromatic carbocycles. The monoisotopic (exact) mass is 348 g/mol. The first-order valence-electron chi connectivity index (χ1n) is 8.54. The highest BCUT2D eigenvalue weighted by molar-refractivity contribution is 5.36. The maximum Gasteiger partial charge on any atom is 0.282 e. The van der Waals surface area contributed by atoms with Crippen LogP contribution < -0.4 is 4.90 Å². The van der Waals surface area contributed by atoms with E-state index in [0.29, 0.717) is 24.2 Å². The highest BCUT2D eigenvalue weighted by Crippen LogP contribution is 2.36. The van der Waals surface area contributed by atoms with Gasteiger partial charge < -0.3 is 4.90 Å². The summed E-state index contributed by atoms with van der Waals surface area (Å²) in [5.74, 6) is 0.779. The Bertz CT molecular complexity index is 757. The van der Waals surface area contributed by atoms with Gasteiger partial charge in [0.15, 0.2) is 0 Å². The minimum Gasteiger partial charge on any atom is -0.338 e. The van der Waals surface area contributed by atoms with Gasteiger partial charge in [0.1, 0.15) is 5.69 Å². The lowest BCUT2D eigenvalue weighted by Crippen LogP contribution is -2.68. The van der Waals surface area contributed by atoms with Gasteiger partial charge in [-0.3, -0.25) is 9.58 Å². The molecule has 0 amide bonds. The van der Waals surface area contributed by atoms with E-state index in [4.69, 9.17) is 0 Å². The first-order valence-corrected chi connectivity index (χ1v) is 8.54. The third-order valence-corrected chi connectivity index (χ3v) is 5.09. The van der Waals surface area contributed by atoms with E-state index in [1.54, 1.807) is 13.2 Å². The molecular weight excluding hydrogens is 326 g/mol. The van der Waals surface area contributed by atoms with Crippen molar-refractivity contribution in [3.8, 4) is 0 Å². The van der Waals surface area contributed by atoms with Crippen LogP contribution in [0.3, 0.4) is 0 Å². The largest absolute Gasteiger partial charge is 0.338 e. The normalized spacial score (nSPS) is 23.2. The molecule has 3 saturated heterocycles. The average molecular weight is 348 g/mol. The van der Waals surface area contributed by atoms with Gasteiger partial charge in [0.2, 0.25) is 5.95 Å². The Kier molecular flexibility index (Phi) is 3.94. The molecule has 0 N–H and O–H groups in total. The third kappa shape index (κ3) is 2.99. The fourth-order valence-corrected chi connectivity index (χ4v) is 4.01. The van der Waals surface area contributed by atoms with Gasteiger partial charge in [0.25, 0.3) is 6.43 Å². The quantitative estimate of drug-likeness (QED) is 0.848. The zero-order valence-electron chi connectivity index (χ0n) is 14.7. The van der Waals surface area contributed by atoms with Crippen LogP contribution in [0.2, 0.25) is 0 Å². The summed E-state index contributed by atoms with van der Waals surface area (Å²) in [6.45, 7) is 6.16. The van der Waals surface area contributed by atoms with E-state index in [2.05, 4.69) is 24.9 Å². The number of anilines is 1. The van der Waals surface area contributed by atoms with Gasteiger partial charge in [-0.25, -0.2) is 18.7 Å². The van der Waals surface area contributed by atoms with Gasteiger partial charge in [-0.15, -0.1) is 0 Å². The molecule has 3 fully saturated rings. The predicted octanol–water partition coefficient (Wildman–Crippen LogP) is 2.23. The van der Waals surface area contributed by atoms with Gasteiger partial charge in [0.05, 0.1) is 0 Å². The van der Waals surface area contributed by atoms with Crippen LogP contribution in [-0.2, 0) is 13.6 Å². The Morgan fingerprint density at radius 1 is 1.16 bits per heavy atom. The molecule has 0 spiro atoms. The molecular formula is C17H22F2N6. The van der Waals surface area contributed by atoms with Gasteiger partial charge in [-0.1, -0.05) is 0 Å². The van der Waals surface area contributed by atoms with Crippen LogP contribution in [0.5, 0.6) is 0 Å². The van der Waals surface area contributed by atoms with Crippen molar-refractivity contribution in [1.82, 2.24) is 24.6 Å². The van der Waals surface area contributed by atoms with Gasteiger partial charge in [0, 0.05) is 61.9 Å². The molecule has 0 saturated carbocycles. The zero-order chi connectivity index (χ0) is 17.7. The summed E-state index contributed by atoms with van der Waals surface area (Å²) in [6, 6.07) is 2.68. The van der Waals surface area contributed by atoms with Crippen molar-refractivity contribution >= 4 is 5.95 Å². The Labute approximate surface area is 145 Å². The van der Waals surface area contributed by atoms with Crippen LogP contribution in [0.25, 0.3) is 0 Å². The molecule has 8 heteroatoms. The molecule has 2 bridgehead atoms. The smallest absolute Gasteiger partial charge is 0.282 e. The SMILES string of the molecule is Cc1cc(C)nc(N2CC3CC(C2)N3Cc2cn(C)nc2C(F)F)n1. The third-order valence-electron chi connectivity index (χ3n) is 5.09. The Hall–Kier alpha value is -2.09. The molecule has 134 valence electrons. The van der Waals surface area contributed by atoms with Gasteiger partial charge in [-0.2, -0.15) is 5.10 Å². The minimum absolute atomic E-state index is 0.0954. The lowest BCUT2D eigenvalue weighted by atomic mass is 9.87. The Balaban J connectivity index is 1.47. The Morgan fingerprint density at radius 3 is 2.40 bits per heavy atom. The summed E-state index contributed by atoms with van der Waals surface area (Å²) in [4.78, 5) is 13.6. The van der Waals surface area contributed by atoms with Crippen molar-refractivity contribution in [3.05, 3.63) is 34.9 Å². The first-order chi connectivity index (χ1) is 11.9. The molecule has 2 aromatic heterocycles.